The highest BCUT2D eigenvalue weighted by Crippen LogP contribution is 2.45. The van der Waals surface area contributed by atoms with Crippen molar-refractivity contribution >= 4 is 55.5 Å². The van der Waals surface area contributed by atoms with Crippen LogP contribution in [0.4, 0.5) is 0 Å². The van der Waals surface area contributed by atoms with Crippen molar-refractivity contribution in [3.63, 3.8) is 0 Å². The highest BCUT2D eigenvalue weighted by Gasteiger charge is 2.18. The lowest BCUT2D eigenvalue weighted by Crippen LogP contribution is -1.94. The fourth-order valence-corrected chi connectivity index (χ4v) is 8.10. The molecule has 0 amide bonds. The molecule has 9 aromatic carbocycles. The van der Waals surface area contributed by atoms with Gasteiger partial charge in [0.25, 0.3) is 0 Å². The van der Waals surface area contributed by atoms with Crippen LogP contribution in [0.3, 0.4) is 0 Å². The van der Waals surface area contributed by atoms with Crippen LogP contribution < -0.4 is 0 Å². The summed E-state index contributed by atoms with van der Waals surface area (Å²) in [5.41, 5.74) is 13.4. The Kier molecular flexibility index (Phi) is 7.55. The molecule has 0 saturated heterocycles. The molecule has 10 rings (SSSR count). The van der Waals surface area contributed by atoms with E-state index in [9.17, 15) is 0 Å². The third-order valence-corrected chi connectivity index (χ3v) is 10.6. The van der Waals surface area contributed by atoms with E-state index in [1.54, 1.807) is 0 Å². The summed E-state index contributed by atoms with van der Waals surface area (Å²) in [5, 5.41) is 7.55. The molecule has 0 aliphatic carbocycles. The number of hydrogen-bond donors (Lipinski definition) is 0. The number of rotatable bonds is 6. The van der Waals surface area contributed by atoms with Crippen LogP contribution in [0.15, 0.2) is 200 Å². The summed E-state index contributed by atoms with van der Waals surface area (Å²) in [6.45, 7) is 0. The second kappa shape index (κ2) is 13.0. The van der Waals surface area contributed by atoms with Gasteiger partial charge < -0.3 is 4.57 Å². The van der Waals surface area contributed by atoms with E-state index in [0.29, 0.717) is 0 Å². The highest BCUT2D eigenvalue weighted by atomic mass is 15.0. The van der Waals surface area contributed by atoms with E-state index in [-0.39, 0.29) is 0 Å². The molecule has 1 heteroatoms. The van der Waals surface area contributed by atoms with Crippen LogP contribution in [0, 0.1) is 0 Å². The summed E-state index contributed by atoms with van der Waals surface area (Å²) < 4.78 is 2.41. The average Bonchev–Trinajstić information content (AvgIpc) is 3.56. The Morgan fingerprint density at radius 1 is 0.283 bits per heavy atom. The smallest absolute Gasteiger partial charge is 0.0547 e. The average molecular weight is 674 g/mol. The van der Waals surface area contributed by atoms with E-state index in [2.05, 4.69) is 217 Å². The van der Waals surface area contributed by atoms with Gasteiger partial charge in [-0.1, -0.05) is 188 Å². The summed E-state index contributed by atoms with van der Waals surface area (Å²) in [4.78, 5) is 0. The van der Waals surface area contributed by atoms with Crippen LogP contribution in [0.2, 0.25) is 0 Å². The van der Waals surface area contributed by atoms with E-state index < -0.39 is 0 Å². The Hall–Kier alpha value is -6.96. The highest BCUT2D eigenvalue weighted by molar-refractivity contribution is 6.22. The molecule has 1 aromatic heterocycles. The molecule has 0 atom stereocenters. The monoisotopic (exact) mass is 673 g/mol. The first-order valence-electron chi connectivity index (χ1n) is 18.3. The van der Waals surface area contributed by atoms with E-state index >= 15 is 0 Å². The summed E-state index contributed by atoms with van der Waals surface area (Å²) >= 11 is 0. The van der Waals surface area contributed by atoms with Crippen molar-refractivity contribution in [2.45, 2.75) is 0 Å². The maximum Gasteiger partial charge on any atom is 0.0547 e. The number of fused-ring (bicyclic) bond motifs is 5. The summed E-state index contributed by atoms with van der Waals surface area (Å²) in [7, 11) is 0. The quantitative estimate of drug-likeness (QED) is 0.122. The minimum absolute atomic E-state index is 1.17. The van der Waals surface area contributed by atoms with E-state index in [0.717, 1.165) is 0 Å². The second-order valence-electron chi connectivity index (χ2n) is 13.7. The Bertz CT molecular complexity index is 2890. The van der Waals surface area contributed by atoms with Crippen molar-refractivity contribution in [1.82, 2.24) is 4.57 Å². The van der Waals surface area contributed by atoms with Gasteiger partial charge in [-0.2, -0.15) is 0 Å². The maximum absolute atomic E-state index is 2.41. The normalized spacial score (nSPS) is 11.7. The van der Waals surface area contributed by atoms with Crippen molar-refractivity contribution in [2.24, 2.45) is 0 Å². The van der Waals surface area contributed by atoms with Crippen LogP contribution in [-0.2, 0) is 0 Å². The first-order valence-corrected chi connectivity index (χ1v) is 18.3. The van der Waals surface area contributed by atoms with Crippen molar-refractivity contribution in [3.8, 4) is 39.1 Å². The molecule has 0 saturated carbocycles. The van der Waals surface area contributed by atoms with Crippen LogP contribution in [0.1, 0.15) is 11.1 Å². The molecule has 53 heavy (non-hydrogen) atoms. The third-order valence-electron chi connectivity index (χ3n) is 10.6. The van der Waals surface area contributed by atoms with Crippen LogP contribution in [0.5, 0.6) is 0 Å². The van der Waals surface area contributed by atoms with Crippen molar-refractivity contribution in [2.75, 3.05) is 0 Å². The van der Waals surface area contributed by atoms with Gasteiger partial charge in [-0.05, 0) is 90.3 Å². The first kappa shape index (κ1) is 30.8. The molecule has 248 valence electrons. The van der Waals surface area contributed by atoms with Crippen molar-refractivity contribution in [3.05, 3.63) is 211 Å². The SMILES string of the molecule is C(=Cc1ccc(-c2c3ccccc3c(-c3ccc4c5ccccc5n(-c5ccccc5)c4c3)c3ccccc23)cc1)c1ccc(-c2ccccc2)cc1. The number of para-hydroxylation sites is 2. The van der Waals surface area contributed by atoms with Crippen molar-refractivity contribution < 1.29 is 0 Å². The van der Waals surface area contributed by atoms with E-state index in [1.807, 2.05) is 0 Å². The van der Waals surface area contributed by atoms with Gasteiger partial charge in [0, 0.05) is 16.5 Å². The molecule has 1 nitrogen and oxygen atoms in total. The predicted octanol–water partition coefficient (Wildman–Crippen LogP) is 14.3. The number of hydrogen-bond acceptors (Lipinski definition) is 0. The lowest BCUT2D eigenvalue weighted by molar-refractivity contribution is 1.18. The van der Waals surface area contributed by atoms with Crippen LogP contribution in [-0.4, -0.2) is 4.57 Å². The van der Waals surface area contributed by atoms with Gasteiger partial charge in [-0.15, -0.1) is 0 Å². The minimum Gasteiger partial charge on any atom is -0.309 e. The van der Waals surface area contributed by atoms with Gasteiger partial charge in [0.15, 0.2) is 0 Å². The van der Waals surface area contributed by atoms with Gasteiger partial charge in [-0.3, -0.25) is 0 Å². The maximum atomic E-state index is 2.41. The largest absolute Gasteiger partial charge is 0.309 e. The molecule has 0 fully saturated rings. The van der Waals surface area contributed by atoms with E-state index in [4.69, 9.17) is 0 Å². The molecule has 0 N–H and O–H groups in total. The molecule has 10 aromatic rings. The minimum atomic E-state index is 1.17. The topological polar surface area (TPSA) is 4.93 Å². The van der Waals surface area contributed by atoms with Crippen LogP contribution in [0.25, 0.3) is 94.6 Å². The summed E-state index contributed by atoms with van der Waals surface area (Å²) in [5.74, 6) is 0. The molecule has 0 spiro atoms. The number of aromatic nitrogens is 1. The molecule has 0 unspecified atom stereocenters. The zero-order valence-corrected chi connectivity index (χ0v) is 29.2. The zero-order valence-electron chi connectivity index (χ0n) is 29.2. The molecule has 1 heterocycles. The number of nitrogens with zero attached hydrogens (tertiary/aromatic N) is 1. The van der Waals surface area contributed by atoms with Gasteiger partial charge in [-0.25, -0.2) is 0 Å². The Labute approximate surface area is 309 Å². The van der Waals surface area contributed by atoms with Crippen molar-refractivity contribution in [1.29, 1.82) is 0 Å². The second-order valence-corrected chi connectivity index (χ2v) is 13.7. The standard InChI is InChI=1S/C52H35N/c1-3-13-38(14-4-1)39-29-25-36(26-30-39)23-24-37-27-31-40(32-28-37)51-45-18-7-9-20-47(45)52(48-21-10-8-19-46(48)51)41-33-34-44-43-17-11-12-22-49(43)53(50(44)35-41)42-15-5-2-6-16-42/h1-35H. The lowest BCUT2D eigenvalue weighted by atomic mass is 9.85. The molecular formula is C52H35N. The predicted molar refractivity (Wildman–Crippen MR) is 227 cm³/mol. The molecule has 0 bridgehead atoms. The van der Waals surface area contributed by atoms with Gasteiger partial charge >= 0.3 is 0 Å². The van der Waals surface area contributed by atoms with Gasteiger partial charge in [0.1, 0.15) is 0 Å². The lowest BCUT2D eigenvalue weighted by Gasteiger charge is -2.18. The fourth-order valence-electron chi connectivity index (χ4n) is 8.10. The molecule has 0 aliphatic rings. The first-order chi connectivity index (χ1) is 26.3. The van der Waals surface area contributed by atoms with Gasteiger partial charge in [0.2, 0.25) is 0 Å². The Morgan fingerprint density at radius 2 is 0.698 bits per heavy atom. The molecular weight excluding hydrogens is 639 g/mol. The summed E-state index contributed by atoms with van der Waals surface area (Å²) in [6.07, 6.45) is 4.39. The zero-order chi connectivity index (χ0) is 35.1. The summed E-state index contributed by atoms with van der Waals surface area (Å²) in [6, 6.07) is 72.6. The number of benzene rings is 9. The Morgan fingerprint density at radius 3 is 1.28 bits per heavy atom. The van der Waals surface area contributed by atoms with Gasteiger partial charge in [0.05, 0.1) is 11.0 Å². The fraction of sp³-hybridized carbons (Fsp3) is 0. The molecule has 0 aliphatic heterocycles. The molecule has 0 radical (unpaired) electrons. The third kappa shape index (κ3) is 5.42. The Balaban J connectivity index is 1.08. The van der Waals surface area contributed by atoms with Crippen LogP contribution >= 0.6 is 0 Å². The van der Waals surface area contributed by atoms with E-state index in [1.165, 1.54) is 93.5 Å².